The molecule has 9 heteroatoms. The number of rotatable bonds is 4. The number of hydrogen-bond donors (Lipinski definition) is 0. The molecule has 2 saturated heterocycles. The number of piperazine rings is 1. The Hall–Kier alpha value is -3.20. The standard InChI is InChI=1S/C20H23N5O4/c26-20(24-9-7-22(8-10-24)16-3-5-21-6-4-16)18-15-17(25(27)28)1-2-19(18)23-11-13-29-14-12-23/h1-6,15H,7-14H2/p+1. The number of aromatic nitrogens is 1. The van der Waals surface area contributed by atoms with Crippen molar-refractivity contribution in [2.24, 2.45) is 0 Å². The van der Waals surface area contributed by atoms with Crippen LogP contribution in [0.3, 0.4) is 0 Å². The molecule has 3 heterocycles. The second kappa shape index (κ2) is 8.44. The average Bonchev–Trinajstić information content (AvgIpc) is 2.79. The number of nitro benzene ring substituents is 1. The number of nitrogens with zero attached hydrogens (tertiary/aromatic N) is 4. The van der Waals surface area contributed by atoms with E-state index < -0.39 is 4.92 Å². The molecule has 1 amide bonds. The van der Waals surface area contributed by atoms with Gasteiger partial charge in [-0.25, -0.2) is 4.98 Å². The Morgan fingerprint density at radius 3 is 2.31 bits per heavy atom. The number of anilines is 2. The summed E-state index contributed by atoms with van der Waals surface area (Å²) in [5.41, 5.74) is 2.18. The molecule has 1 aromatic carbocycles. The first-order valence-corrected chi connectivity index (χ1v) is 9.75. The van der Waals surface area contributed by atoms with Gasteiger partial charge < -0.3 is 19.4 Å². The van der Waals surface area contributed by atoms with Gasteiger partial charge in [-0.3, -0.25) is 14.9 Å². The summed E-state index contributed by atoms with van der Waals surface area (Å²) < 4.78 is 5.40. The van der Waals surface area contributed by atoms with Crippen molar-refractivity contribution in [2.75, 3.05) is 62.3 Å². The number of morpholine rings is 1. The topological polar surface area (TPSA) is 93.3 Å². The van der Waals surface area contributed by atoms with Crippen LogP contribution >= 0.6 is 0 Å². The van der Waals surface area contributed by atoms with E-state index in [0.717, 1.165) is 24.5 Å². The smallest absolute Gasteiger partial charge is 0.270 e. The van der Waals surface area contributed by atoms with E-state index in [1.165, 1.54) is 12.1 Å². The van der Waals surface area contributed by atoms with Crippen molar-refractivity contribution < 1.29 is 19.4 Å². The minimum Gasteiger partial charge on any atom is -0.378 e. The number of amides is 1. The maximum absolute atomic E-state index is 13.3. The molecule has 0 atom stereocenters. The van der Waals surface area contributed by atoms with Crippen LogP contribution in [0.5, 0.6) is 0 Å². The third-order valence-corrected chi connectivity index (χ3v) is 5.41. The van der Waals surface area contributed by atoms with Crippen molar-refractivity contribution in [1.82, 2.24) is 4.90 Å². The van der Waals surface area contributed by atoms with Crippen LogP contribution < -0.4 is 14.8 Å². The van der Waals surface area contributed by atoms with Crippen molar-refractivity contribution >= 4 is 23.0 Å². The maximum atomic E-state index is 13.3. The van der Waals surface area contributed by atoms with Gasteiger partial charge in [0.05, 0.1) is 29.4 Å². The van der Waals surface area contributed by atoms with Crippen molar-refractivity contribution in [3.8, 4) is 0 Å². The summed E-state index contributed by atoms with van der Waals surface area (Å²) in [4.78, 5) is 33.2. The van der Waals surface area contributed by atoms with Gasteiger partial charge in [-0.15, -0.1) is 0 Å². The molecular weight excluding hydrogens is 374 g/mol. The first kappa shape index (κ1) is 19.1. The van der Waals surface area contributed by atoms with Gasteiger partial charge in [0.25, 0.3) is 11.6 Å². The zero-order chi connectivity index (χ0) is 20.2. The molecule has 2 aromatic rings. The Labute approximate surface area is 168 Å². The van der Waals surface area contributed by atoms with Gasteiger partial charge in [-0.1, -0.05) is 0 Å². The zero-order valence-corrected chi connectivity index (χ0v) is 16.1. The first-order chi connectivity index (χ1) is 14.1. The lowest BCUT2D eigenvalue weighted by molar-refractivity contribution is -0.384. The lowest BCUT2D eigenvalue weighted by Crippen LogP contribution is -2.49. The lowest BCUT2D eigenvalue weighted by atomic mass is 10.1. The molecule has 0 aliphatic carbocycles. The SMILES string of the molecule is O=C(c1cc([N+](=O)[O-])ccc1N1CCOCC1)N1CCN(c2cc[nH+]cc2)CC1. The van der Waals surface area contributed by atoms with Crippen molar-refractivity contribution in [2.45, 2.75) is 0 Å². The molecule has 152 valence electrons. The van der Waals surface area contributed by atoms with Gasteiger partial charge in [0.2, 0.25) is 0 Å². The van der Waals surface area contributed by atoms with E-state index in [4.69, 9.17) is 4.74 Å². The summed E-state index contributed by atoms with van der Waals surface area (Å²) in [6.07, 6.45) is 3.76. The normalized spacial score (nSPS) is 17.3. The van der Waals surface area contributed by atoms with Crippen LogP contribution in [0.25, 0.3) is 0 Å². The second-order valence-corrected chi connectivity index (χ2v) is 7.10. The summed E-state index contributed by atoms with van der Waals surface area (Å²) in [5.74, 6) is -0.156. The van der Waals surface area contributed by atoms with Crippen molar-refractivity contribution in [3.63, 3.8) is 0 Å². The fourth-order valence-corrected chi connectivity index (χ4v) is 3.82. The summed E-state index contributed by atoms with van der Waals surface area (Å²) >= 11 is 0. The molecule has 2 aliphatic rings. The quantitative estimate of drug-likeness (QED) is 0.568. The van der Waals surface area contributed by atoms with E-state index in [0.29, 0.717) is 45.0 Å². The number of benzene rings is 1. The molecule has 2 fully saturated rings. The van der Waals surface area contributed by atoms with Gasteiger partial charge in [-0.2, -0.15) is 0 Å². The van der Waals surface area contributed by atoms with Crippen LogP contribution in [0, 0.1) is 10.1 Å². The fourth-order valence-electron chi connectivity index (χ4n) is 3.82. The summed E-state index contributed by atoms with van der Waals surface area (Å²) in [6.45, 7) is 5.07. The minimum absolute atomic E-state index is 0.0652. The number of H-pyrrole nitrogens is 1. The summed E-state index contributed by atoms with van der Waals surface area (Å²) in [7, 11) is 0. The van der Waals surface area contributed by atoms with Gasteiger partial charge in [0.1, 0.15) is 0 Å². The Bertz CT molecular complexity index is 878. The highest BCUT2D eigenvalue weighted by atomic mass is 16.6. The van der Waals surface area contributed by atoms with Gasteiger partial charge >= 0.3 is 0 Å². The molecule has 9 nitrogen and oxygen atoms in total. The van der Waals surface area contributed by atoms with E-state index in [1.807, 2.05) is 24.5 Å². The predicted octanol–water partition coefficient (Wildman–Crippen LogP) is 1.21. The zero-order valence-electron chi connectivity index (χ0n) is 16.1. The number of pyridine rings is 1. The minimum atomic E-state index is -0.454. The van der Waals surface area contributed by atoms with Gasteiger partial charge in [0.15, 0.2) is 12.4 Å². The lowest BCUT2D eigenvalue weighted by Gasteiger charge is -2.37. The molecule has 1 aromatic heterocycles. The maximum Gasteiger partial charge on any atom is 0.270 e. The van der Waals surface area contributed by atoms with Crippen LogP contribution in [0.2, 0.25) is 0 Å². The number of nitrogens with one attached hydrogen (secondary N) is 1. The van der Waals surface area contributed by atoms with E-state index in [9.17, 15) is 14.9 Å². The molecular formula is C20H24N5O4+. The number of ether oxygens (including phenoxy) is 1. The van der Waals surface area contributed by atoms with Crippen LogP contribution in [-0.4, -0.2) is 68.2 Å². The third-order valence-electron chi connectivity index (χ3n) is 5.41. The van der Waals surface area contributed by atoms with Crippen LogP contribution in [-0.2, 0) is 4.74 Å². The highest BCUT2D eigenvalue weighted by molar-refractivity contribution is 6.00. The average molecular weight is 398 g/mol. The van der Waals surface area contributed by atoms with Crippen molar-refractivity contribution in [1.29, 1.82) is 0 Å². The number of aromatic amines is 1. The Morgan fingerprint density at radius 2 is 1.66 bits per heavy atom. The molecule has 1 N–H and O–H groups in total. The van der Waals surface area contributed by atoms with Gasteiger partial charge in [-0.05, 0) is 6.07 Å². The Kier molecular flexibility index (Phi) is 5.57. The fraction of sp³-hybridized carbons (Fsp3) is 0.400. The summed E-state index contributed by atoms with van der Waals surface area (Å²) in [5, 5.41) is 11.3. The van der Waals surface area contributed by atoms with E-state index in [2.05, 4.69) is 14.8 Å². The molecule has 4 rings (SSSR count). The Balaban J connectivity index is 1.54. The highest BCUT2D eigenvalue weighted by Gasteiger charge is 2.28. The number of carbonyl (C=O) groups excluding carboxylic acids is 1. The largest absolute Gasteiger partial charge is 0.378 e. The molecule has 0 bridgehead atoms. The second-order valence-electron chi connectivity index (χ2n) is 7.10. The van der Waals surface area contributed by atoms with Crippen LogP contribution in [0.1, 0.15) is 10.4 Å². The molecule has 2 aliphatic heterocycles. The first-order valence-electron chi connectivity index (χ1n) is 9.75. The summed E-state index contributed by atoms with van der Waals surface area (Å²) in [6, 6.07) is 8.58. The Morgan fingerprint density at radius 1 is 0.966 bits per heavy atom. The number of hydrogen-bond acceptors (Lipinski definition) is 6. The number of non-ortho nitro benzene ring substituents is 1. The van der Waals surface area contributed by atoms with Crippen molar-refractivity contribution in [3.05, 3.63) is 58.4 Å². The third kappa shape index (κ3) is 4.14. The molecule has 0 saturated carbocycles. The van der Waals surface area contributed by atoms with E-state index in [-0.39, 0.29) is 11.6 Å². The molecule has 0 radical (unpaired) electrons. The predicted molar refractivity (Wildman–Crippen MR) is 107 cm³/mol. The highest BCUT2D eigenvalue weighted by Crippen LogP contribution is 2.28. The van der Waals surface area contributed by atoms with E-state index in [1.54, 1.807) is 11.0 Å². The van der Waals surface area contributed by atoms with Crippen LogP contribution in [0.15, 0.2) is 42.7 Å². The monoisotopic (exact) mass is 398 g/mol. The molecule has 29 heavy (non-hydrogen) atoms. The number of nitro groups is 1. The number of carbonyl (C=O) groups is 1. The van der Waals surface area contributed by atoms with E-state index >= 15 is 0 Å². The van der Waals surface area contributed by atoms with Gasteiger partial charge in [0, 0.05) is 69.2 Å². The molecule has 0 unspecified atom stereocenters. The van der Waals surface area contributed by atoms with Crippen LogP contribution in [0.4, 0.5) is 17.1 Å². The molecule has 0 spiro atoms.